The molecule has 0 aromatic heterocycles. The largest absolute Gasteiger partial charge is 0.310 e. The van der Waals surface area contributed by atoms with Gasteiger partial charge in [-0.05, 0) is 48.8 Å². The summed E-state index contributed by atoms with van der Waals surface area (Å²) in [4.78, 5) is 0. The van der Waals surface area contributed by atoms with Gasteiger partial charge in [0, 0.05) is 12.6 Å². The second kappa shape index (κ2) is 4.77. The van der Waals surface area contributed by atoms with E-state index in [1.54, 1.807) is 6.07 Å². The molecule has 0 spiro atoms. The Morgan fingerprint density at radius 1 is 1.41 bits per heavy atom. The lowest BCUT2D eigenvalue weighted by molar-refractivity contribution is 0.364. The zero-order valence-corrected chi connectivity index (χ0v) is 11.0. The Morgan fingerprint density at radius 3 is 2.76 bits per heavy atom. The molecule has 1 atom stereocenters. The van der Waals surface area contributed by atoms with E-state index in [2.05, 4.69) is 19.2 Å². The van der Waals surface area contributed by atoms with Gasteiger partial charge in [-0.2, -0.15) is 0 Å². The summed E-state index contributed by atoms with van der Waals surface area (Å²) in [7, 11) is 0. The van der Waals surface area contributed by atoms with Crippen molar-refractivity contribution in [3.63, 3.8) is 0 Å². The molecule has 1 nitrogen and oxygen atoms in total. The SMILES string of the molecule is Cc1cc(CNC2CCC(C)(C)C2)ccc1F. The molecule has 94 valence electrons. The topological polar surface area (TPSA) is 12.0 Å². The third-order valence-corrected chi connectivity index (χ3v) is 3.79. The van der Waals surface area contributed by atoms with Crippen molar-refractivity contribution in [2.24, 2.45) is 5.41 Å². The van der Waals surface area contributed by atoms with Crippen molar-refractivity contribution in [1.29, 1.82) is 0 Å². The molecule has 2 rings (SSSR count). The minimum absolute atomic E-state index is 0.115. The van der Waals surface area contributed by atoms with Crippen molar-refractivity contribution < 1.29 is 4.39 Å². The fraction of sp³-hybridized carbons (Fsp3) is 0.600. The van der Waals surface area contributed by atoms with E-state index in [4.69, 9.17) is 0 Å². The van der Waals surface area contributed by atoms with Crippen LogP contribution in [-0.4, -0.2) is 6.04 Å². The highest BCUT2D eigenvalue weighted by Crippen LogP contribution is 2.36. The highest BCUT2D eigenvalue weighted by atomic mass is 19.1. The van der Waals surface area contributed by atoms with Gasteiger partial charge in [-0.3, -0.25) is 0 Å². The van der Waals surface area contributed by atoms with Crippen LogP contribution in [0, 0.1) is 18.2 Å². The van der Waals surface area contributed by atoms with Crippen LogP contribution in [0.4, 0.5) is 4.39 Å². The van der Waals surface area contributed by atoms with Gasteiger partial charge < -0.3 is 5.32 Å². The van der Waals surface area contributed by atoms with Crippen molar-refractivity contribution in [1.82, 2.24) is 5.32 Å². The van der Waals surface area contributed by atoms with Crippen molar-refractivity contribution in [3.8, 4) is 0 Å². The molecule has 0 aliphatic heterocycles. The Bertz CT molecular complexity index is 398. The van der Waals surface area contributed by atoms with Crippen LogP contribution in [0.15, 0.2) is 18.2 Å². The second-order valence-corrected chi connectivity index (χ2v) is 6.07. The predicted molar refractivity (Wildman–Crippen MR) is 69.4 cm³/mol. The average Bonchev–Trinajstić information content (AvgIpc) is 2.60. The van der Waals surface area contributed by atoms with Gasteiger partial charge in [0.25, 0.3) is 0 Å². The Hall–Kier alpha value is -0.890. The molecule has 0 radical (unpaired) electrons. The third kappa shape index (κ3) is 3.29. The Morgan fingerprint density at radius 2 is 2.18 bits per heavy atom. The van der Waals surface area contributed by atoms with Gasteiger partial charge in [0.1, 0.15) is 5.82 Å². The summed E-state index contributed by atoms with van der Waals surface area (Å²) in [5, 5.41) is 3.58. The third-order valence-electron chi connectivity index (χ3n) is 3.79. The van der Waals surface area contributed by atoms with Crippen LogP contribution < -0.4 is 5.32 Å². The number of halogens is 1. The molecule has 0 saturated heterocycles. The van der Waals surface area contributed by atoms with Gasteiger partial charge in [0.2, 0.25) is 0 Å². The first-order chi connectivity index (χ1) is 7.96. The maximum atomic E-state index is 13.1. The molecule has 0 heterocycles. The highest BCUT2D eigenvalue weighted by molar-refractivity contribution is 5.23. The number of nitrogens with one attached hydrogen (secondary N) is 1. The summed E-state index contributed by atoms with van der Waals surface area (Å²) in [6.07, 6.45) is 3.80. The van der Waals surface area contributed by atoms with Gasteiger partial charge in [0.05, 0.1) is 0 Å². The number of rotatable bonds is 3. The Labute approximate surface area is 103 Å². The van der Waals surface area contributed by atoms with Gasteiger partial charge in [-0.1, -0.05) is 26.0 Å². The summed E-state index contributed by atoms with van der Waals surface area (Å²) in [6.45, 7) is 7.33. The zero-order chi connectivity index (χ0) is 12.5. The fourth-order valence-electron chi connectivity index (χ4n) is 2.69. The first-order valence-electron chi connectivity index (χ1n) is 6.45. The van der Waals surface area contributed by atoms with E-state index in [0.717, 1.165) is 12.1 Å². The lowest BCUT2D eigenvalue weighted by Gasteiger charge is -2.18. The van der Waals surface area contributed by atoms with E-state index in [-0.39, 0.29) is 5.82 Å². The summed E-state index contributed by atoms with van der Waals surface area (Å²) in [5.41, 5.74) is 2.39. The van der Waals surface area contributed by atoms with Gasteiger partial charge in [-0.25, -0.2) is 4.39 Å². The van der Waals surface area contributed by atoms with Crippen LogP contribution in [0.3, 0.4) is 0 Å². The minimum atomic E-state index is -0.115. The van der Waals surface area contributed by atoms with E-state index in [1.807, 2.05) is 19.1 Å². The van der Waals surface area contributed by atoms with Crippen LogP contribution in [0.2, 0.25) is 0 Å². The molecule has 1 N–H and O–H groups in total. The molecule has 0 amide bonds. The van der Waals surface area contributed by atoms with Crippen LogP contribution in [0.25, 0.3) is 0 Å². The first kappa shape index (κ1) is 12.6. The molecule has 1 saturated carbocycles. The van der Waals surface area contributed by atoms with Gasteiger partial charge in [-0.15, -0.1) is 0 Å². The molecule has 1 aromatic rings. The van der Waals surface area contributed by atoms with Crippen molar-refractivity contribution >= 4 is 0 Å². The average molecular weight is 235 g/mol. The molecule has 17 heavy (non-hydrogen) atoms. The smallest absolute Gasteiger partial charge is 0.126 e. The van der Waals surface area contributed by atoms with Crippen molar-refractivity contribution in [2.45, 2.75) is 52.6 Å². The first-order valence-corrected chi connectivity index (χ1v) is 6.45. The summed E-state index contributed by atoms with van der Waals surface area (Å²) >= 11 is 0. The zero-order valence-electron chi connectivity index (χ0n) is 11.0. The van der Waals surface area contributed by atoms with E-state index in [0.29, 0.717) is 11.5 Å². The van der Waals surface area contributed by atoms with Crippen LogP contribution in [0.1, 0.15) is 44.2 Å². The number of aryl methyl sites for hydroxylation is 1. The molecule has 0 bridgehead atoms. The molecule has 2 heteroatoms. The molecule has 1 fully saturated rings. The van der Waals surface area contributed by atoms with E-state index in [1.165, 1.54) is 24.8 Å². The van der Waals surface area contributed by atoms with E-state index < -0.39 is 0 Å². The molecule has 1 aliphatic carbocycles. The van der Waals surface area contributed by atoms with Crippen LogP contribution >= 0.6 is 0 Å². The molecular weight excluding hydrogens is 213 g/mol. The Balaban J connectivity index is 1.88. The second-order valence-electron chi connectivity index (χ2n) is 6.07. The monoisotopic (exact) mass is 235 g/mol. The normalized spacial score (nSPS) is 22.9. The number of hydrogen-bond donors (Lipinski definition) is 1. The van der Waals surface area contributed by atoms with Gasteiger partial charge in [0.15, 0.2) is 0 Å². The number of hydrogen-bond acceptors (Lipinski definition) is 1. The van der Waals surface area contributed by atoms with E-state index >= 15 is 0 Å². The molecule has 1 unspecified atom stereocenters. The maximum Gasteiger partial charge on any atom is 0.126 e. The standard InChI is InChI=1S/C15H22FN/c1-11-8-12(4-5-14(11)16)10-17-13-6-7-15(2,3)9-13/h4-5,8,13,17H,6-7,9-10H2,1-3H3. The van der Waals surface area contributed by atoms with Crippen molar-refractivity contribution in [3.05, 3.63) is 35.1 Å². The Kier molecular flexibility index (Phi) is 3.53. The lowest BCUT2D eigenvalue weighted by Crippen LogP contribution is -2.26. The maximum absolute atomic E-state index is 13.1. The fourth-order valence-corrected chi connectivity index (χ4v) is 2.69. The quantitative estimate of drug-likeness (QED) is 0.840. The van der Waals surface area contributed by atoms with Crippen LogP contribution in [-0.2, 0) is 6.54 Å². The van der Waals surface area contributed by atoms with E-state index in [9.17, 15) is 4.39 Å². The summed E-state index contributed by atoms with van der Waals surface area (Å²) < 4.78 is 13.1. The highest BCUT2D eigenvalue weighted by Gasteiger charge is 2.30. The van der Waals surface area contributed by atoms with Crippen molar-refractivity contribution in [2.75, 3.05) is 0 Å². The minimum Gasteiger partial charge on any atom is -0.310 e. The lowest BCUT2D eigenvalue weighted by atomic mass is 9.92. The van der Waals surface area contributed by atoms with Crippen LogP contribution in [0.5, 0.6) is 0 Å². The van der Waals surface area contributed by atoms with Gasteiger partial charge >= 0.3 is 0 Å². The molecular formula is C15H22FN. The molecule has 1 aromatic carbocycles. The molecule has 1 aliphatic rings. The summed E-state index contributed by atoms with van der Waals surface area (Å²) in [5.74, 6) is -0.115. The number of benzene rings is 1. The predicted octanol–water partition coefficient (Wildman–Crippen LogP) is 3.80. The summed E-state index contributed by atoms with van der Waals surface area (Å²) in [6, 6.07) is 5.98.